The van der Waals surface area contributed by atoms with Crippen molar-refractivity contribution in [2.45, 2.75) is 12.2 Å². The van der Waals surface area contributed by atoms with E-state index < -0.39 is 0 Å². The first kappa shape index (κ1) is 5.62. The molecule has 0 saturated carbocycles. The van der Waals surface area contributed by atoms with Crippen LogP contribution in [0.5, 0.6) is 0 Å². The average molecular weight is 130 g/mol. The quantitative estimate of drug-likeness (QED) is 0.578. The first-order chi connectivity index (χ1) is 3.80. The fourth-order valence-electron chi connectivity index (χ4n) is 0.364. The molecular formula is C4H6N2OS. The second-order valence-electron chi connectivity index (χ2n) is 1.45. The van der Waals surface area contributed by atoms with Gasteiger partial charge in [0.15, 0.2) is 0 Å². The minimum absolute atomic E-state index is 0.0394. The second kappa shape index (κ2) is 2.17. The molecule has 8 heavy (non-hydrogen) atoms. The zero-order chi connectivity index (χ0) is 5.98. The van der Waals surface area contributed by atoms with E-state index in [1.807, 2.05) is 6.92 Å². The van der Waals surface area contributed by atoms with Crippen molar-refractivity contribution in [3.8, 4) is 0 Å². The molecule has 0 amide bonds. The summed E-state index contributed by atoms with van der Waals surface area (Å²) in [5, 5.41) is 7.14. The van der Waals surface area contributed by atoms with Crippen LogP contribution in [0, 0.1) is 0 Å². The van der Waals surface area contributed by atoms with Crippen molar-refractivity contribution in [3.05, 3.63) is 12.3 Å². The van der Waals surface area contributed by atoms with Crippen LogP contribution < -0.4 is 0 Å². The van der Waals surface area contributed by atoms with Crippen molar-refractivity contribution in [2.24, 2.45) is 0 Å². The zero-order valence-corrected chi connectivity index (χ0v) is 5.30. The Bertz CT molecular complexity index is 149. The van der Waals surface area contributed by atoms with Gasteiger partial charge in [-0.25, -0.2) is 0 Å². The summed E-state index contributed by atoms with van der Waals surface area (Å²) in [7, 11) is 0. The van der Waals surface area contributed by atoms with Gasteiger partial charge in [0.1, 0.15) is 0 Å². The van der Waals surface area contributed by atoms with Crippen LogP contribution in [-0.4, -0.2) is 10.2 Å². The van der Waals surface area contributed by atoms with E-state index in [9.17, 15) is 0 Å². The lowest BCUT2D eigenvalue weighted by atomic mass is 10.5. The molecule has 1 aromatic rings. The molecular weight excluding hydrogens is 124 g/mol. The average Bonchev–Trinajstić information content (AvgIpc) is 2.12. The van der Waals surface area contributed by atoms with E-state index in [0.29, 0.717) is 5.89 Å². The highest BCUT2D eigenvalue weighted by Crippen LogP contribution is 2.13. The van der Waals surface area contributed by atoms with E-state index in [2.05, 4.69) is 22.8 Å². The molecule has 0 aliphatic heterocycles. The molecule has 0 aromatic carbocycles. The van der Waals surface area contributed by atoms with Crippen molar-refractivity contribution in [1.29, 1.82) is 0 Å². The van der Waals surface area contributed by atoms with Gasteiger partial charge >= 0.3 is 0 Å². The molecule has 1 atom stereocenters. The minimum Gasteiger partial charge on any atom is -0.427 e. The van der Waals surface area contributed by atoms with Crippen molar-refractivity contribution in [2.75, 3.05) is 0 Å². The molecule has 0 N–H and O–H groups in total. The van der Waals surface area contributed by atoms with Gasteiger partial charge in [0.2, 0.25) is 12.3 Å². The second-order valence-corrected chi connectivity index (χ2v) is 2.23. The molecule has 0 bridgehead atoms. The minimum atomic E-state index is 0.0394. The van der Waals surface area contributed by atoms with E-state index >= 15 is 0 Å². The summed E-state index contributed by atoms with van der Waals surface area (Å²) in [4.78, 5) is 0. The highest BCUT2D eigenvalue weighted by atomic mass is 32.1. The predicted octanol–water partition coefficient (Wildman–Crippen LogP) is 1.06. The Hall–Kier alpha value is -0.510. The molecule has 1 rings (SSSR count). The summed E-state index contributed by atoms with van der Waals surface area (Å²) in [5.41, 5.74) is 0. The molecule has 44 valence electrons. The monoisotopic (exact) mass is 130 g/mol. The van der Waals surface area contributed by atoms with Gasteiger partial charge in [0.25, 0.3) is 0 Å². The lowest BCUT2D eigenvalue weighted by Crippen LogP contribution is -1.82. The third-order valence-electron chi connectivity index (χ3n) is 0.734. The number of thiol groups is 1. The standard InChI is InChI=1S/C4H6N2OS/c1-3(8)4-6-5-2-7-4/h2-3,8H,1H3. The molecule has 0 fully saturated rings. The Balaban J connectivity index is 2.77. The molecule has 0 spiro atoms. The van der Waals surface area contributed by atoms with E-state index in [1.54, 1.807) is 0 Å². The van der Waals surface area contributed by atoms with E-state index in [-0.39, 0.29) is 5.25 Å². The van der Waals surface area contributed by atoms with Crippen molar-refractivity contribution in [3.63, 3.8) is 0 Å². The Morgan fingerprint density at radius 1 is 1.88 bits per heavy atom. The van der Waals surface area contributed by atoms with Crippen molar-refractivity contribution < 1.29 is 4.42 Å². The highest BCUT2D eigenvalue weighted by molar-refractivity contribution is 7.80. The fourth-order valence-corrected chi connectivity index (χ4v) is 0.476. The molecule has 0 radical (unpaired) electrons. The molecule has 1 heterocycles. The van der Waals surface area contributed by atoms with Gasteiger partial charge in [-0.05, 0) is 6.92 Å². The van der Waals surface area contributed by atoms with Crippen LogP contribution in [0.4, 0.5) is 0 Å². The molecule has 0 saturated heterocycles. The normalized spacial score (nSPS) is 13.8. The molecule has 1 aromatic heterocycles. The van der Waals surface area contributed by atoms with E-state index in [0.717, 1.165) is 0 Å². The Morgan fingerprint density at radius 2 is 2.62 bits per heavy atom. The van der Waals surface area contributed by atoms with Crippen LogP contribution in [0.3, 0.4) is 0 Å². The predicted molar refractivity (Wildman–Crippen MR) is 31.7 cm³/mol. The lowest BCUT2D eigenvalue weighted by molar-refractivity contribution is 0.497. The summed E-state index contributed by atoms with van der Waals surface area (Å²) in [5.74, 6) is 0.563. The topological polar surface area (TPSA) is 38.9 Å². The van der Waals surface area contributed by atoms with Gasteiger partial charge in [0, 0.05) is 0 Å². The van der Waals surface area contributed by atoms with Gasteiger partial charge in [-0.3, -0.25) is 0 Å². The Kier molecular flexibility index (Phi) is 1.53. The van der Waals surface area contributed by atoms with Crippen LogP contribution in [0.25, 0.3) is 0 Å². The Morgan fingerprint density at radius 3 is 2.88 bits per heavy atom. The smallest absolute Gasteiger partial charge is 0.228 e. The number of aromatic nitrogens is 2. The fraction of sp³-hybridized carbons (Fsp3) is 0.500. The third-order valence-corrected chi connectivity index (χ3v) is 0.955. The number of rotatable bonds is 1. The summed E-state index contributed by atoms with van der Waals surface area (Å²) < 4.78 is 4.80. The third kappa shape index (κ3) is 1.01. The van der Waals surface area contributed by atoms with Crippen LogP contribution in [0.1, 0.15) is 18.1 Å². The van der Waals surface area contributed by atoms with E-state index in [4.69, 9.17) is 4.42 Å². The zero-order valence-electron chi connectivity index (χ0n) is 4.40. The lowest BCUT2D eigenvalue weighted by Gasteiger charge is -1.90. The van der Waals surface area contributed by atoms with Crippen molar-refractivity contribution in [1.82, 2.24) is 10.2 Å². The molecule has 0 aliphatic rings. The molecule has 4 heteroatoms. The summed E-state index contributed by atoms with van der Waals surface area (Å²) >= 11 is 4.06. The summed E-state index contributed by atoms with van der Waals surface area (Å²) in [6.45, 7) is 1.87. The molecule has 3 nitrogen and oxygen atoms in total. The SMILES string of the molecule is CC(S)c1nnco1. The van der Waals surface area contributed by atoms with Crippen LogP contribution >= 0.6 is 12.6 Å². The van der Waals surface area contributed by atoms with E-state index in [1.165, 1.54) is 6.39 Å². The number of hydrogen-bond donors (Lipinski definition) is 1. The molecule has 0 aliphatic carbocycles. The maximum Gasteiger partial charge on any atom is 0.228 e. The van der Waals surface area contributed by atoms with Gasteiger partial charge in [-0.1, -0.05) is 0 Å². The summed E-state index contributed by atoms with van der Waals surface area (Å²) in [6.07, 6.45) is 1.29. The number of hydrogen-bond acceptors (Lipinski definition) is 4. The first-order valence-electron chi connectivity index (χ1n) is 2.25. The van der Waals surface area contributed by atoms with Crippen LogP contribution in [0.15, 0.2) is 10.8 Å². The maximum absolute atomic E-state index is 4.80. The molecule has 1 unspecified atom stereocenters. The maximum atomic E-state index is 4.80. The summed E-state index contributed by atoms with van der Waals surface area (Å²) in [6, 6.07) is 0. The van der Waals surface area contributed by atoms with Crippen LogP contribution in [0.2, 0.25) is 0 Å². The van der Waals surface area contributed by atoms with Gasteiger partial charge in [-0.2, -0.15) is 12.6 Å². The Labute approximate surface area is 52.5 Å². The number of nitrogens with zero attached hydrogens (tertiary/aromatic N) is 2. The first-order valence-corrected chi connectivity index (χ1v) is 2.76. The van der Waals surface area contributed by atoms with Gasteiger partial charge in [-0.15, -0.1) is 10.2 Å². The van der Waals surface area contributed by atoms with Gasteiger partial charge < -0.3 is 4.42 Å². The highest BCUT2D eigenvalue weighted by Gasteiger charge is 2.02. The van der Waals surface area contributed by atoms with Crippen LogP contribution in [-0.2, 0) is 0 Å². The van der Waals surface area contributed by atoms with Crippen molar-refractivity contribution >= 4 is 12.6 Å². The largest absolute Gasteiger partial charge is 0.427 e. The van der Waals surface area contributed by atoms with Gasteiger partial charge in [0.05, 0.1) is 5.25 Å².